The number of benzene rings is 2. The van der Waals surface area contributed by atoms with Crippen LogP contribution in [0.15, 0.2) is 47.5 Å². The van der Waals surface area contributed by atoms with Gasteiger partial charge in [-0.25, -0.2) is 0 Å². The minimum atomic E-state index is -0.0206. The highest BCUT2D eigenvalue weighted by atomic mass is 16.5. The molecular weight excluding hydrogens is 370 g/mol. The molecule has 7 nitrogen and oxygen atoms in total. The van der Waals surface area contributed by atoms with Gasteiger partial charge in [-0.2, -0.15) is 0 Å². The third-order valence-corrected chi connectivity index (χ3v) is 4.33. The maximum Gasteiger partial charge on any atom is 0.191 e. The van der Waals surface area contributed by atoms with Gasteiger partial charge < -0.3 is 29.6 Å². The van der Waals surface area contributed by atoms with Crippen molar-refractivity contribution in [2.75, 3.05) is 41.5 Å². The van der Waals surface area contributed by atoms with Crippen LogP contribution in [-0.2, 0) is 6.42 Å². The van der Waals surface area contributed by atoms with Gasteiger partial charge in [-0.15, -0.1) is 0 Å². The van der Waals surface area contributed by atoms with Crippen LogP contribution >= 0.6 is 0 Å². The maximum atomic E-state index is 5.90. The fourth-order valence-electron chi connectivity index (χ4n) is 2.75. The van der Waals surface area contributed by atoms with Crippen molar-refractivity contribution in [3.05, 3.63) is 48.0 Å². The summed E-state index contributed by atoms with van der Waals surface area (Å²) in [5, 5.41) is 6.60. The Hall–Kier alpha value is -3.09. The molecule has 0 amide bonds. The molecule has 1 unspecified atom stereocenters. The predicted molar refractivity (Wildman–Crippen MR) is 116 cm³/mol. The topological polar surface area (TPSA) is 73.3 Å². The summed E-state index contributed by atoms with van der Waals surface area (Å²) in [5.41, 5.74) is 1.15. The quantitative estimate of drug-likeness (QED) is 0.471. The molecule has 0 aromatic heterocycles. The summed E-state index contributed by atoms with van der Waals surface area (Å²) in [7, 11) is 6.67. The van der Waals surface area contributed by atoms with Gasteiger partial charge in [0.2, 0.25) is 0 Å². The van der Waals surface area contributed by atoms with Crippen molar-refractivity contribution < 1.29 is 18.9 Å². The van der Waals surface area contributed by atoms with Crippen LogP contribution < -0.4 is 29.6 Å². The van der Waals surface area contributed by atoms with E-state index in [0.717, 1.165) is 47.5 Å². The van der Waals surface area contributed by atoms with Crippen LogP contribution in [0.1, 0.15) is 12.5 Å². The van der Waals surface area contributed by atoms with E-state index in [-0.39, 0.29) is 6.10 Å². The van der Waals surface area contributed by atoms with Crippen molar-refractivity contribution in [2.24, 2.45) is 4.99 Å². The Labute approximate surface area is 173 Å². The molecule has 0 aliphatic carbocycles. The van der Waals surface area contributed by atoms with Crippen LogP contribution in [-0.4, -0.2) is 53.5 Å². The second kappa shape index (κ2) is 11.7. The van der Waals surface area contributed by atoms with Gasteiger partial charge in [-0.05, 0) is 55.3 Å². The number of methoxy groups -OCH3 is 3. The van der Waals surface area contributed by atoms with E-state index < -0.39 is 0 Å². The first-order valence-electron chi connectivity index (χ1n) is 9.55. The van der Waals surface area contributed by atoms with Crippen LogP contribution in [0.3, 0.4) is 0 Å². The Morgan fingerprint density at radius 2 is 1.59 bits per heavy atom. The Kier molecular flexibility index (Phi) is 8.95. The molecule has 7 heteroatoms. The summed E-state index contributed by atoms with van der Waals surface area (Å²) in [6.07, 6.45) is 0.812. The molecule has 2 aromatic rings. The number of aliphatic imine (C=N–C) groups is 1. The van der Waals surface area contributed by atoms with E-state index in [1.54, 1.807) is 28.4 Å². The average molecular weight is 402 g/mol. The Morgan fingerprint density at radius 3 is 2.21 bits per heavy atom. The zero-order chi connectivity index (χ0) is 21.1. The molecule has 158 valence electrons. The van der Waals surface area contributed by atoms with Crippen molar-refractivity contribution in [3.63, 3.8) is 0 Å². The number of hydrogen-bond acceptors (Lipinski definition) is 5. The molecule has 0 heterocycles. The summed E-state index contributed by atoms with van der Waals surface area (Å²) in [5.74, 6) is 3.80. The Bertz CT molecular complexity index is 778. The summed E-state index contributed by atoms with van der Waals surface area (Å²) in [6.45, 7) is 3.37. The fraction of sp³-hybridized carbons (Fsp3) is 0.409. The average Bonchev–Trinajstić information content (AvgIpc) is 2.76. The molecule has 0 saturated heterocycles. The zero-order valence-corrected chi connectivity index (χ0v) is 17.8. The number of guanidine groups is 1. The van der Waals surface area contributed by atoms with Gasteiger partial charge in [-0.3, -0.25) is 4.99 Å². The van der Waals surface area contributed by atoms with E-state index in [1.807, 2.05) is 49.4 Å². The molecular formula is C22H31N3O4. The van der Waals surface area contributed by atoms with E-state index in [2.05, 4.69) is 15.6 Å². The van der Waals surface area contributed by atoms with E-state index in [9.17, 15) is 0 Å². The van der Waals surface area contributed by atoms with Crippen molar-refractivity contribution in [2.45, 2.75) is 19.4 Å². The molecule has 0 aliphatic heterocycles. The molecule has 0 spiro atoms. The zero-order valence-electron chi connectivity index (χ0n) is 17.8. The molecule has 2 rings (SSSR count). The third kappa shape index (κ3) is 7.10. The van der Waals surface area contributed by atoms with Crippen LogP contribution in [0.5, 0.6) is 23.0 Å². The van der Waals surface area contributed by atoms with E-state index in [0.29, 0.717) is 6.54 Å². The number of rotatable bonds is 10. The second-order valence-electron chi connectivity index (χ2n) is 6.42. The first kappa shape index (κ1) is 22.2. The second-order valence-corrected chi connectivity index (χ2v) is 6.42. The Morgan fingerprint density at radius 1 is 0.897 bits per heavy atom. The monoisotopic (exact) mass is 401 g/mol. The molecule has 0 radical (unpaired) electrons. The molecule has 2 N–H and O–H groups in total. The fourth-order valence-corrected chi connectivity index (χ4v) is 2.75. The number of nitrogens with one attached hydrogen (secondary N) is 2. The highest BCUT2D eigenvalue weighted by Crippen LogP contribution is 2.27. The maximum absolute atomic E-state index is 5.90. The predicted octanol–water partition coefficient (Wildman–Crippen LogP) is 2.89. The van der Waals surface area contributed by atoms with Crippen molar-refractivity contribution >= 4 is 5.96 Å². The van der Waals surface area contributed by atoms with Gasteiger partial charge in [0.05, 0.1) is 27.9 Å². The molecule has 0 saturated carbocycles. The summed E-state index contributed by atoms with van der Waals surface area (Å²) in [4.78, 5) is 4.26. The first-order chi connectivity index (χ1) is 14.1. The lowest BCUT2D eigenvalue weighted by molar-refractivity contribution is 0.223. The van der Waals surface area contributed by atoms with Crippen molar-refractivity contribution in [3.8, 4) is 23.0 Å². The Balaban J connectivity index is 1.75. The summed E-state index contributed by atoms with van der Waals surface area (Å²) >= 11 is 0. The van der Waals surface area contributed by atoms with Crippen LogP contribution in [0, 0.1) is 0 Å². The third-order valence-electron chi connectivity index (χ3n) is 4.33. The van der Waals surface area contributed by atoms with E-state index in [1.165, 1.54) is 0 Å². The highest BCUT2D eigenvalue weighted by molar-refractivity contribution is 5.79. The molecule has 0 bridgehead atoms. The molecule has 0 fully saturated rings. The molecule has 2 aromatic carbocycles. The smallest absolute Gasteiger partial charge is 0.191 e. The van der Waals surface area contributed by atoms with Gasteiger partial charge in [-0.1, -0.05) is 6.07 Å². The largest absolute Gasteiger partial charge is 0.497 e. The number of ether oxygens (including phenoxy) is 4. The standard InChI is InChI=1S/C22H31N3O4/c1-16(29-19-9-7-18(26-3)8-10-19)15-25-22(23-2)24-13-12-17-6-11-20(27-4)21(14-17)28-5/h6-11,14,16H,12-13,15H2,1-5H3,(H2,23,24,25). The van der Waals surface area contributed by atoms with E-state index in [4.69, 9.17) is 18.9 Å². The van der Waals surface area contributed by atoms with Crippen LogP contribution in [0.2, 0.25) is 0 Å². The normalized spacial score (nSPS) is 12.1. The summed E-state index contributed by atoms with van der Waals surface area (Å²) < 4.78 is 21.7. The highest BCUT2D eigenvalue weighted by Gasteiger charge is 2.07. The molecule has 1 atom stereocenters. The van der Waals surface area contributed by atoms with E-state index >= 15 is 0 Å². The minimum Gasteiger partial charge on any atom is -0.497 e. The van der Waals surface area contributed by atoms with Gasteiger partial charge in [0.15, 0.2) is 17.5 Å². The lowest BCUT2D eigenvalue weighted by Crippen LogP contribution is -2.42. The molecule has 0 aliphatic rings. The number of nitrogens with zero attached hydrogens (tertiary/aromatic N) is 1. The van der Waals surface area contributed by atoms with Crippen molar-refractivity contribution in [1.29, 1.82) is 0 Å². The van der Waals surface area contributed by atoms with Gasteiger partial charge in [0.25, 0.3) is 0 Å². The van der Waals surface area contributed by atoms with Crippen molar-refractivity contribution in [1.82, 2.24) is 10.6 Å². The molecule has 29 heavy (non-hydrogen) atoms. The van der Waals surface area contributed by atoms with Gasteiger partial charge in [0, 0.05) is 13.6 Å². The van der Waals surface area contributed by atoms with Gasteiger partial charge in [0.1, 0.15) is 17.6 Å². The van der Waals surface area contributed by atoms with Crippen LogP contribution in [0.4, 0.5) is 0 Å². The van der Waals surface area contributed by atoms with Crippen LogP contribution in [0.25, 0.3) is 0 Å². The lowest BCUT2D eigenvalue weighted by Gasteiger charge is -2.18. The minimum absolute atomic E-state index is 0.0206. The first-order valence-corrected chi connectivity index (χ1v) is 9.55. The summed E-state index contributed by atoms with van der Waals surface area (Å²) in [6, 6.07) is 13.5. The number of hydrogen-bond donors (Lipinski definition) is 2. The van der Waals surface area contributed by atoms with Gasteiger partial charge >= 0.3 is 0 Å². The SMILES string of the molecule is CN=C(NCCc1ccc(OC)c(OC)c1)NCC(C)Oc1ccc(OC)cc1. The lowest BCUT2D eigenvalue weighted by atomic mass is 10.1.